The first kappa shape index (κ1) is 13.1. The monoisotopic (exact) mass is 250 g/mol. The van der Waals surface area contributed by atoms with Crippen LogP contribution in [0.2, 0.25) is 0 Å². The first-order valence-electron chi connectivity index (χ1n) is 6.77. The first-order valence-corrected chi connectivity index (χ1v) is 6.77. The van der Waals surface area contributed by atoms with E-state index in [2.05, 4.69) is 31.1 Å². The molecule has 1 aliphatic carbocycles. The Morgan fingerprint density at radius 1 is 1.50 bits per heavy atom. The highest BCUT2D eigenvalue weighted by molar-refractivity contribution is 5.91. The standard InChI is InChI=1S/C14H22N2O2/c1-9(2)11-5-4-10(3)6-12(11)14(17)16-13-7-18-8-15-13/h7-12H,4-6H2,1-3H3,(H,16,17)/t10-,11+,12-/m1/s1. The first-order chi connectivity index (χ1) is 8.58. The molecule has 0 bridgehead atoms. The van der Waals surface area contributed by atoms with E-state index in [1.807, 2.05) is 0 Å². The Bertz CT molecular complexity index is 387. The number of anilines is 1. The predicted molar refractivity (Wildman–Crippen MR) is 70.0 cm³/mol. The van der Waals surface area contributed by atoms with Crippen molar-refractivity contribution in [2.45, 2.75) is 40.0 Å². The number of aromatic nitrogens is 1. The number of amides is 1. The van der Waals surface area contributed by atoms with Crippen LogP contribution in [0.15, 0.2) is 17.1 Å². The molecule has 1 aliphatic rings. The number of oxazole rings is 1. The molecule has 0 unspecified atom stereocenters. The smallest absolute Gasteiger partial charge is 0.229 e. The lowest BCUT2D eigenvalue weighted by Gasteiger charge is -2.36. The molecule has 1 saturated carbocycles. The van der Waals surface area contributed by atoms with Crippen molar-refractivity contribution in [1.82, 2.24) is 4.98 Å². The summed E-state index contributed by atoms with van der Waals surface area (Å²) >= 11 is 0. The van der Waals surface area contributed by atoms with Crippen molar-refractivity contribution < 1.29 is 9.21 Å². The van der Waals surface area contributed by atoms with E-state index in [1.165, 1.54) is 19.1 Å². The fourth-order valence-corrected chi connectivity index (χ4v) is 3.00. The van der Waals surface area contributed by atoms with Gasteiger partial charge in [0, 0.05) is 5.92 Å². The Labute approximate surface area is 108 Å². The molecule has 1 aromatic rings. The van der Waals surface area contributed by atoms with Crippen LogP contribution in [0.4, 0.5) is 5.82 Å². The average molecular weight is 250 g/mol. The van der Waals surface area contributed by atoms with Crippen LogP contribution in [-0.2, 0) is 4.79 Å². The van der Waals surface area contributed by atoms with Crippen LogP contribution < -0.4 is 5.32 Å². The minimum absolute atomic E-state index is 0.0918. The fraction of sp³-hybridized carbons (Fsp3) is 0.714. The van der Waals surface area contributed by atoms with E-state index in [0.717, 1.165) is 12.8 Å². The van der Waals surface area contributed by atoms with Gasteiger partial charge in [0.15, 0.2) is 12.2 Å². The van der Waals surface area contributed by atoms with E-state index in [0.29, 0.717) is 23.6 Å². The lowest BCUT2D eigenvalue weighted by Crippen LogP contribution is -2.36. The van der Waals surface area contributed by atoms with Gasteiger partial charge in [0.05, 0.1) is 0 Å². The predicted octanol–water partition coefficient (Wildman–Crippen LogP) is 3.32. The third-order valence-corrected chi connectivity index (χ3v) is 4.04. The van der Waals surface area contributed by atoms with Gasteiger partial charge in [-0.3, -0.25) is 4.79 Å². The van der Waals surface area contributed by atoms with Gasteiger partial charge in [0.25, 0.3) is 0 Å². The van der Waals surface area contributed by atoms with Gasteiger partial charge in [-0.05, 0) is 30.6 Å². The van der Waals surface area contributed by atoms with Crippen LogP contribution in [0.3, 0.4) is 0 Å². The second-order valence-corrected chi connectivity index (χ2v) is 5.80. The van der Waals surface area contributed by atoms with Crippen LogP contribution >= 0.6 is 0 Å². The molecule has 3 atom stereocenters. The fourth-order valence-electron chi connectivity index (χ4n) is 3.00. The summed E-state index contributed by atoms with van der Waals surface area (Å²) in [4.78, 5) is 16.3. The van der Waals surface area contributed by atoms with Crippen molar-refractivity contribution in [1.29, 1.82) is 0 Å². The molecule has 1 amide bonds. The van der Waals surface area contributed by atoms with Gasteiger partial charge in [-0.2, -0.15) is 4.98 Å². The highest BCUT2D eigenvalue weighted by Crippen LogP contribution is 2.38. The quantitative estimate of drug-likeness (QED) is 0.895. The summed E-state index contributed by atoms with van der Waals surface area (Å²) < 4.78 is 4.87. The molecule has 0 spiro atoms. The summed E-state index contributed by atoms with van der Waals surface area (Å²) in [5.41, 5.74) is 0. The lowest BCUT2D eigenvalue weighted by atomic mass is 9.70. The van der Waals surface area contributed by atoms with E-state index >= 15 is 0 Å². The Morgan fingerprint density at radius 3 is 2.89 bits per heavy atom. The zero-order chi connectivity index (χ0) is 13.1. The van der Waals surface area contributed by atoms with Gasteiger partial charge in [-0.25, -0.2) is 0 Å². The van der Waals surface area contributed by atoms with Crippen molar-refractivity contribution in [3.05, 3.63) is 12.7 Å². The summed E-state index contributed by atoms with van der Waals surface area (Å²) in [7, 11) is 0. The Hall–Kier alpha value is -1.32. The third-order valence-electron chi connectivity index (χ3n) is 4.04. The van der Waals surface area contributed by atoms with Crippen molar-refractivity contribution in [3.63, 3.8) is 0 Å². The van der Waals surface area contributed by atoms with Gasteiger partial charge < -0.3 is 9.73 Å². The van der Waals surface area contributed by atoms with E-state index in [-0.39, 0.29) is 11.8 Å². The van der Waals surface area contributed by atoms with Gasteiger partial charge in [0.1, 0.15) is 6.26 Å². The number of nitrogens with zero attached hydrogens (tertiary/aromatic N) is 1. The molecule has 2 rings (SSSR count). The van der Waals surface area contributed by atoms with Crippen LogP contribution in [0, 0.1) is 23.7 Å². The molecule has 0 radical (unpaired) electrons. The van der Waals surface area contributed by atoms with Gasteiger partial charge in [0.2, 0.25) is 5.91 Å². The maximum atomic E-state index is 12.3. The number of carbonyl (C=O) groups is 1. The summed E-state index contributed by atoms with van der Waals surface area (Å²) in [5, 5.41) is 2.85. The molecular formula is C14H22N2O2. The molecular weight excluding hydrogens is 228 g/mol. The average Bonchev–Trinajstić information content (AvgIpc) is 2.81. The van der Waals surface area contributed by atoms with Crippen LogP contribution in [-0.4, -0.2) is 10.9 Å². The molecule has 100 valence electrons. The Morgan fingerprint density at radius 2 is 2.28 bits per heavy atom. The largest absolute Gasteiger partial charge is 0.449 e. The topological polar surface area (TPSA) is 55.1 Å². The van der Waals surface area contributed by atoms with Crippen LogP contribution in [0.25, 0.3) is 0 Å². The minimum Gasteiger partial charge on any atom is -0.449 e. The second kappa shape index (κ2) is 5.55. The maximum absolute atomic E-state index is 12.3. The number of carbonyl (C=O) groups excluding carboxylic acids is 1. The summed E-state index contributed by atoms with van der Waals surface area (Å²) in [6.07, 6.45) is 6.16. The molecule has 0 aromatic carbocycles. The Balaban J connectivity index is 2.05. The summed E-state index contributed by atoms with van der Waals surface area (Å²) in [5.74, 6) is 2.37. The van der Waals surface area contributed by atoms with Crippen LogP contribution in [0.5, 0.6) is 0 Å². The van der Waals surface area contributed by atoms with Crippen molar-refractivity contribution in [2.24, 2.45) is 23.7 Å². The van der Waals surface area contributed by atoms with Crippen molar-refractivity contribution in [2.75, 3.05) is 5.32 Å². The maximum Gasteiger partial charge on any atom is 0.229 e. The zero-order valence-corrected chi connectivity index (χ0v) is 11.3. The highest BCUT2D eigenvalue weighted by atomic mass is 16.3. The van der Waals surface area contributed by atoms with Crippen LogP contribution in [0.1, 0.15) is 40.0 Å². The third kappa shape index (κ3) is 2.92. The molecule has 0 aliphatic heterocycles. The molecule has 1 N–H and O–H groups in total. The van der Waals surface area contributed by atoms with E-state index < -0.39 is 0 Å². The highest BCUT2D eigenvalue weighted by Gasteiger charge is 2.35. The van der Waals surface area contributed by atoms with Gasteiger partial charge >= 0.3 is 0 Å². The normalized spacial score (nSPS) is 28.3. The molecule has 1 heterocycles. The molecule has 0 saturated heterocycles. The van der Waals surface area contributed by atoms with E-state index in [9.17, 15) is 4.79 Å². The van der Waals surface area contributed by atoms with Crippen molar-refractivity contribution in [3.8, 4) is 0 Å². The van der Waals surface area contributed by atoms with Gasteiger partial charge in [-0.1, -0.05) is 27.2 Å². The summed E-state index contributed by atoms with van der Waals surface area (Å²) in [6, 6.07) is 0. The van der Waals surface area contributed by atoms with E-state index in [4.69, 9.17) is 4.42 Å². The Kier molecular flexibility index (Phi) is 4.04. The molecule has 4 nitrogen and oxygen atoms in total. The van der Waals surface area contributed by atoms with E-state index in [1.54, 1.807) is 0 Å². The molecule has 1 aromatic heterocycles. The molecule has 1 fully saturated rings. The van der Waals surface area contributed by atoms with Gasteiger partial charge in [-0.15, -0.1) is 0 Å². The number of hydrogen-bond donors (Lipinski definition) is 1. The number of nitrogens with one attached hydrogen (secondary N) is 1. The minimum atomic E-state index is 0.0918. The molecule has 4 heteroatoms. The lowest BCUT2D eigenvalue weighted by molar-refractivity contribution is -0.124. The zero-order valence-electron chi connectivity index (χ0n) is 11.3. The number of hydrogen-bond acceptors (Lipinski definition) is 3. The second-order valence-electron chi connectivity index (χ2n) is 5.80. The SMILES string of the molecule is CC(C)[C@@H]1CC[C@@H](C)C[C@H]1C(=O)Nc1cocn1. The number of rotatable bonds is 3. The summed E-state index contributed by atoms with van der Waals surface area (Å²) in [6.45, 7) is 6.64. The van der Waals surface area contributed by atoms with Crippen molar-refractivity contribution >= 4 is 11.7 Å². The molecule has 18 heavy (non-hydrogen) atoms.